The molecule has 0 amide bonds. The van der Waals surface area contributed by atoms with Crippen LogP contribution in [0.15, 0.2) is 4.52 Å². The van der Waals surface area contributed by atoms with Crippen LogP contribution in [0.1, 0.15) is 43.7 Å². The van der Waals surface area contributed by atoms with Crippen molar-refractivity contribution in [3.05, 3.63) is 11.5 Å². The van der Waals surface area contributed by atoms with E-state index in [4.69, 9.17) is 10.3 Å². The topological polar surface area (TPSA) is 94.0 Å². The Bertz CT molecular complexity index is 577. The molecule has 3 rings (SSSR count). The van der Waals surface area contributed by atoms with Gasteiger partial charge in [0.2, 0.25) is 0 Å². The Balaban J connectivity index is 1.69. The van der Waals surface area contributed by atoms with Gasteiger partial charge in [-0.3, -0.25) is 0 Å². The van der Waals surface area contributed by atoms with Crippen LogP contribution < -0.4 is 5.73 Å². The predicted octanol–water partition coefficient (Wildman–Crippen LogP) is 1.64. The lowest BCUT2D eigenvalue weighted by molar-refractivity contribution is 0.213. The summed E-state index contributed by atoms with van der Waals surface area (Å²) in [5, 5.41) is 8.09. The number of aryl methyl sites for hydroxylation is 1. The summed E-state index contributed by atoms with van der Waals surface area (Å²) in [5.41, 5.74) is 7.10. The quantitative estimate of drug-likeness (QED) is 0.897. The van der Waals surface area contributed by atoms with Crippen LogP contribution in [0.25, 0.3) is 10.8 Å². The molecule has 0 saturated carbocycles. The van der Waals surface area contributed by atoms with E-state index in [-0.39, 0.29) is 6.04 Å². The molecule has 1 unspecified atom stereocenters. The highest BCUT2D eigenvalue weighted by atomic mass is 32.1. The summed E-state index contributed by atoms with van der Waals surface area (Å²) < 4.78 is 9.27. The first kappa shape index (κ1) is 14.6. The largest absolute Gasteiger partial charge is 0.333 e. The van der Waals surface area contributed by atoms with Crippen LogP contribution >= 0.6 is 11.5 Å². The second kappa shape index (κ2) is 6.59. The zero-order valence-electron chi connectivity index (χ0n) is 12.2. The highest BCUT2D eigenvalue weighted by Gasteiger charge is 2.21. The molecule has 2 N–H and O–H groups in total. The van der Waals surface area contributed by atoms with E-state index in [9.17, 15) is 0 Å². The Hall–Kier alpha value is -1.38. The predicted molar refractivity (Wildman–Crippen MR) is 79.8 cm³/mol. The summed E-state index contributed by atoms with van der Waals surface area (Å²) in [4.78, 5) is 7.65. The number of rotatable bonds is 5. The normalized spacial score (nSPS) is 18.0. The molecule has 3 heterocycles. The monoisotopic (exact) mass is 308 g/mol. The SMILES string of the molecule is CCc1nnsc1-c1nc(C(N)CN2CCCCC2)no1. The summed E-state index contributed by atoms with van der Waals surface area (Å²) in [5.74, 6) is 1.04. The fraction of sp³-hybridized carbons (Fsp3) is 0.692. The van der Waals surface area contributed by atoms with Gasteiger partial charge < -0.3 is 15.2 Å². The molecule has 1 saturated heterocycles. The van der Waals surface area contributed by atoms with Crippen LogP contribution in [0.3, 0.4) is 0 Å². The smallest absolute Gasteiger partial charge is 0.271 e. The first-order valence-electron chi connectivity index (χ1n) is 7.41. The van der Waals surface area contributed by atoms with Crippen molar-refractivity contribution in [2.45, 2.75) is 38.6 Å². The third-order valence-electron chi connectivity index (χ3n) is 3.76. The number of nitrogens with two attached hydrogens (primary N) is 1. The molecule has 2 aromatic heterocycles. The highest BCUT2D eigenvalue weighted by molar-refractivity contribution is 7.09. The molecule has 8 heteroatoms. The van der Waals surface area contributed by atoms with Crippen molar-refractivity contribution in [2.75, 3.05) is 19.6 Å². The van der Waals surface area contributed by atoms with E-state index in [1.54, 1.807) is 0 Å². The molecule has 0 aromatic carbocycles. The van der Waals surface area contributed by atoms with E-state index in [1.807, 2.05) is 6.92 Å². The maximum Gasteiger partial charge on any atom is 0.271 e. The number of aromatic nitrogens is 4. The summed E-state index contributed by atoms with van der Waals surface area (Å²) in [6, 6.07) is -0.216. The van der Waals surface area contributed by atoms with Gasteiger partial charge in [-0.1, -0.05) is 23.0 Å². The molecule has 114 valence electrons. The number of likely N-dealkylation sites (tertiary alicyclic amines) is 1. The first-order chi connectivity index (χ1) is 10.3. The molecular formula is C13H20N6OS. The average molecular weight is 308 g/mol. The number of piperidine rings is 1. The molecule has 0 radical (unpaired) electrons. The molecule has 0 aliphatic carbocycles. The Labute approximate surface area is 127 Å². The third kappa shape index (κ3) is 3.28. The van der Waals surface area contributed by atoms with Gasteiger partial charge in [0, 0.05) is 6.54 Å². The van der Waals surface area contributed by atoms with Gasteiger partial charge in [0.25, 0.3) is 5.89 Å². The van der Waals surface area contributed by atoms with E-state index in [0.29, 0.717) is 11.7 Å². The van der Waals surface area contributed by atoms with Gasteiger partial charge in [-0.05, 0) is 43.9 Å². The minimum absolute atomic E-state index is 0.216. The fourth-order valence-corrected chi connectivity index (χ4v) is 3.25. The summed E-state index contributed by atoms with van der Waals surface area (Å²) in [7, 11) is 0. The van der Waals surface area contributed by atoms with Crippen LogP contribution in [0, 0.1) is 0 Å². The van der Waals surface area contributed by atoms with E-state index < -0.39 is 0 Å². The molecular weight excluding hydrogens is 288 g/mol. The second-order valence-electron chi connectivity index (χ2n) is 5.33. The zero-order valence-corrected chi connectivity index (χ0v) is 13.0. The van der Waals surface area contributed by atoms with Crippen LogP contribution in [-0.2, 0) is 6.42 Å². The summed E-state index contributed by atoms with van der Waals surface area (Å²) in [6.45, 7) is 5.02. The lowest BCUT2D eigenvalue weighted by Crippen LogP contribution is -2.36. The van der Waals surface area contributed by atoms with Crippen LogP contribution in [-0.4, -0.2) is 44.3 Å². The molecule has 1 aliphatic rings. The fourth-order valence-electron chi connectivity index (χ4n) is 2.58. The Morgan fingerprint density at radius 1 is 1.33 bits per heavy atom. The lowest BCUT2D eigenvalue weighted by Gasteiger charge is -2.27. The van der Waals surface area contributed by atoms with Gasteiger partial charge in [-0.25, -0.2) is 0 Å². The molecule has 7 nitrogen and oxygen atoms in total. The van der Waals surface area contributed by atoms with Crippen LogP contribution in [0.5, 0.6) is 0 Å². The summed E-state index contributed by atoms with van der Waals surface area (Å²) in [6.07, 6.45) is 4.60. The van der Waals surface area contributed by atoms with Gasteiger partial charge in [0.15, 0.2) is 5.82 Å². The van der Waals surface area contributed by atoms with Crippen molar-refractivity contribution in [3.63, 3.8) is 0 Å². The molecule has 1 fully saturated rings. The lowest BCUT2D eigenvalue weighted by atomic mass is 10.1. The van der Waals surface area contributed by atoms with Crippen LogP contribution in [0.4, 0.5) is 0 Å². The minimum Gasteiger partial charge on any atom is -0.333 e. The molecule has 21 heavy (non-hydrogen) atoms. The number of hydrogen-bond acceptors (Lipinski definition) is 8. The van der Waals surface area contributed by atoms with Crippen molar-refractivity contribution >= 4 is 11.5 Å². The molecule has 0 bridgehead atoms. The maximum atomic E-state index is 6.21. The van der Waals surface area contributed by atoms with Gasteiger partial charge in [0.1, 0.15) is 4.88 Å². The highest BCUT2D eigenvalue weighted by Crippen LogP contribution is 2.25. The third-order valence-corrected chi connectivity index (χ3v) is 4.52. The van der Waals surface area contributed by atoms with Crippen molar-refractivity contribution in [1.82, 2.24) is 24.6 Å². The first-order valence-corrected chi connectivity index (χ1v) is 8.18. The molecule has 1 aliphatic heterocycles. The Kier molecular flexibility index (Phi) is 4.57. The van der Waals surface area contributed by atoms with Gasteiger partial charge >= 0.3 is 0 Å². The van der Waals surface area contributed by atoms with Gasteiger partial charge in [0.05, 0.1) is 11.7 Å². The summed E-state index contributed by atoms with van der Waals surface area (Å²) >= 11 is 1.28. The minimum atomic E-state index is -0.216. The van der Waals surface area contributed by atoms with Crippen molar-refractivity contribution < 1.29 is 4.52 Å². The van der Waals surface area contributed by atoms with Crippen molar-refractivity contribution in [2.24, 2.45) is 5.73 Å². The number of hydrogen-bond donors (Lipinski definition) is 1. The molecule has 1 atom stereocenters. The van der Waals surface area contributed by atoms with Crippen molar-refractivity contribution in [3.8, 4) is 10.8 Å². The number of nitrogens with zero attached hydrogens (tertiary/aromatic N) is 5. The molecule has 2 aromatic rings. The Morgan fingerprint density at radius 3 is 2.90 bits per heavy atom. The molecule has 0 spiro atoms. The Morgan fingerprint density at radius 2 is 2.14 bits per heavy atom. The maximum absolute atomic E-state index is 6.21. The second-order valence-corrected chi connectivity index (χ2v) is 6.08. The van der Waals surface area contributed by atoms with E-state index >= 15 is 0 Å². The standard InChI is InChI=1S/C13H20N6OS/c1-2-10-11(21-18-16-10)13-15-12(17-20-13)9(14)8-19-6-4-3-5-7-19/h9H,2-8,14H2,1H3. The van der Waals surface area contributed by atoms with Crippen LogP contribution in [0.2, 0.25) is 0 Å². The van der Waals surface area contributed by atoms with Gasteiger partial charge in [-0.2, -0.15) is 4.98 Å². The van der Waals surface area contributed by atoms with Gasteiger partial charge in [-0.15, -0.1) is 5.10 Å². The van der Waals surface area contributed by atoms with E-state index in [1.165, 1.54) is 30.8 Å². The van der Waals surface area contributed by atoms with E-state index in [0.717, 1.165) is 36.6 Å². The zero-order chi connectivity index (χ0) is 14.7. The average Bonchev–Trinajstić information content (AvgIpc) is 3.16. The van der Waals surface area contributed by atoms with E-state index in [2.05, 4.69) is 24.6 Å². The van der Waals surface area contributed by atoms with Crippen molar-refractivity contribution in [1.29, 1.82) is 0 Å².